The number of aryl methyl sites for hydroxylation is 1. The minimum Gasteiger partial charge on any atom is -0.324 e. The first kappa shape index (κ1) is 8.01. The van der Waals surface area contributed by atoms with E-state index in [0.717, 1.165) is 31.0 Å². The van der Waals surface area contributed by atoms with E-state index in [2.05, 4.69) is 10.1 Å². The molecule has 1 aliphatic heterocycles. The minimum atomic E-state index is 0.199. The molecular weight excluding hydrogens is 176 g/mol. The SMILES string of the molecule is NCc1nc2n(n1)CC(Cl)CC2. The first-order valence-electron chi connectivity index (χ1n) is 4.06. The Morgan fingerprint density at radius 2 is 2.50 bits per heavy atom. The molecule has 2 rings (SSSR count). The van der Waals surface area contributed by atoms with Crippen molar-refractivity contribution in [3.8, 4) is 0 Å². The molecule has 0 saturated carbocycles. The van der Waals surface area contributed by atoms with Gasteiger partial charge in [-0.3, -0.25) is 0 Å². The number of aromatic nitrogens is 3. The highest BCUT2D eigenvalue weighted by molar-refractivity contribution is 6.20. The average molecular weight is 187 g/mol. The van der Waals surface area contributed by atoms with E-state index < -0.39 is 0 Å². The lowest BCUT2D eigenvalue weighted by molar-refractivity contribution is 0.484. The molecule has 0 fully saturated rings. The van der Waals surface area contributed by atoms with Crippen LogP contribution in [0, 0.1) is 0 Å². The average Bonchev–Trinajstić information content (AvgIpc) is 2.46. The second-order valence-corrected chi connectivity index (χ2v) is 3.58. The molecule has 2 heterocycles. The Hall–Kier alpha value is -0.610. The molecule has 0 amide bonds. The predicted octanol–water partition coefficient (Wildman–Crippen LogP) is 0.290. The lowest BCUT2D eigenvalue weighted by Crippen LogP contribution is -2.21. The standard InChI is InChI=1S/C7H11ClN4/c8-5-1-2-7-10-6(3-9)11-12(7)4-5/h5H,1-4,9H2. The zero-order valence-corrected chi connectivity index (χ0v) is 7.46. The molecule has 12 heavy (non-hydrogen) atoms. The third kappa shape index (κ3) is 1.32. The highest BCUT2D eigenvalue weighted by Gasteiger charge is 2.18. The van der Waals surface area contributed by atoms with E-state index in [0.29, 0.717) is 6.54 Å². The minimum absolute atomic E-state index is 0.199. The normalized spacial score (nSPS) is 22.3. The summed E-state index contributed by atoms with van der Waals surface area (Å²) in [6.07, 6.45) is 1.91. The van der Waals surface area contributed by atoms with Crippen molar-refractivity contribution in [3.05, 3.63) is 11.6 Å². The number of hydrogen-bond donors (Lipinski definition) is 1. The van der Waals surface area contributed by atoms with Gasteiger partial charge in [0.05, 0.1) is 18.5 Å². The Labute approximate surface area is 75.7 Å². The summed E-state index contributed by atoms with van der Waals surface area (Å²) >= 11 is 5.98. The third-order valence-corrected chi connectivity index (χ3v) is 2.38. The van der Waals surface area contributed by atoms with E-state index in [9.17, 15) is 0 Å². The highest BCUT2D eigenvalue weighted by Crippen LogP contribution is 2.16. The molecule has 0 bridgehead atoms. The summed E-state index contributed by atoms with van der Waals surface area (Å²) in [7, 11) is 0. The van der Waals surface area contributed by atoms with Crippen LogP contribution in [0.5, 0.6) is 0 Å². The van der Waals surface area contributed by atoms with Crippen LogP contribution in [-0.4, -0.2) is 20.1 Å². The second kappa shape index (κ2) is 3.03. The Morgan fingerprint density at radius 3 is 3.25 bits per heavy atom. The van der Waals surface area contributed by atoms with Crippen LogP contribution in [0.25, 0.3) is 0 Å². The lowest BCUT2D eigenvalue weighted by Gasteiger charge is -2.16. The Morgan fingerprint density at radius 1 is 1.67 bits per heavy atom. The number of halogens is 1. The van der Waals surface area contributed by atoms with Crippen molar-refractivity contribution in [2.24, 2.45) is 5.73 Å². The van der Waals surface area contributed by atoms with Gasteiger partial charge >= 0.3 is 0 Å². The number of nitrogens with zero attached hydrogens (tertiary/aromatic N) is 3. The second-order valence-electron chi connectivity index (χ2n) is 2.97. The van der Waals surface area contributed by atoms with E-state index in [1.807, 2.05) is 4.68 Å². The predicted molar refractivity (Wildman–Crippen MR) is 45.9 cm³/mol. The molecule has 1 aromatic rings. The van der Waals surface area contributed by atoms with Crippen LogP contribution in [0.4, 0.5) is 0 Å². The van der Waals surface area contributed by atoms with Gasteiger partial charge in [-0.15, -0.1) is 11.6 Å². The van der Waals surface area contributed by atoms with Gasteiger partial charge in [-0.25, -0.2) is 9.67 Å². The summed E-state index contributed by atoms with van der Waals surface area (Å²) in [6, 6.07) is 0. The molecular formula is C7H11ClN4. The van der Waals surface area contributed by atoms with Crippen LogP contribution < -0.4 is 5.73 Å². The van der Waals surface area contributed by atoms with E-state index in [1.165, 1.54) is 0 Å². The molecule has 66 valence electrons. The van der Waals surface area contributed by atoms with Gasteiger partial charge in [0.15, 0.2) is 5.82 Å². The maximum atomic E-state index is 5.98. The molecule has 5 heteroatoms. The number of nitrogens with two attached hydrogens (primary N) is 1. The molecule has 0 aromatic carbocycles. The Bertz CT molecular complexity index is 283. The molecule has 1 atom stereocenters. The van der Waals surface area contributed by atoms with Crippen molar-refractivity contribution < 1.29 is 0 Å². The first-order chi connectivity index (χ1) is 5.79. The molecule has 0 saturated heterocycles. The quantitative estimate of drug-likeness (QED) is 0.642. The van der Waals surface area contributed by atoms with Crippen LogP contribution in [0.1, 0.15) is 18.1 Å². The summed E-state index contributed by atoms with van der Waals surface area (Å²) in [5.74, 6) is 1.74. The topological polar surface area (TPSA) is 56.7 Å². The van der Waals surface area contributed by atoms with Gasteiger partial charge in [0.25, 0.3) is 0 Å². The van der Waals surface area contributed by atoms with E-state index in [1.54, 1.807) is 0 Å². The Kier molecular flexibility index (Phi) is 2.02. The number of fused-ring (bicyclic) bond motifs is 1. The molecule has 0 radical (unpaired) electrons. The lowest BCUT2D eigenvalue weighted by atomic mass is 10.2. The summed E-state index contributed by atoms with van der Waals surface area (Å²) < 4.78 is 1.86. The van der Waals surface area contributed by atoms with Gasteiger partial charge in [-0.1, -0.05) is 0 Å². The van der Waals surface area contributed by atoms with Crippen molar-refractivity contribution in [2.45, 2.75) is 31.3 Å². The van der Waals surface area contributed by atoms with E-state index >= 15 is 0 Å². The van der Waals surface area contributed by atoms with Crippen LogP contribution in [0.2, 0.25) is 0 Å². The van der Waals surface area contributed by atoms with Gasteiger partial charge in [-0.2, -0.15) is 5.10 Å². The smallest absolute Gasteiger partial charge is 0.164 e. The monoisotopic (exact) mass is 186 g/mol. The van der Waals surface area contributed by atoms with Crippen molar-refractivity contribution in [1.29, 1.82) is 0 Å². The van der Waals surface area contributed by atoms with Crippen LogP contribution in [0.15, 0.2) is 0 Å². The van der Waals surface area contributed by atoms with Crippen molar-refractivity contribution in [3.63, 3.8) is 0 Å². The summed E-state index contributed by atoms with van der Waals surface area (Å²) in [5, 5.41) is 4.41. The first-order valence-corrected chi connectivity index (χ1v) is 4.50. The summed E-state index contributed by atoms with van der Waals surface area (Å²) in [5.41, 5.74) is 5.43. The zero-order chi connectivity index (χ0) is 8.55. The number of hydrogen-bond acceptors (Lipinski definition) is 3. The van der Waals surface area contributed by atoms with Gasteiger partial charge in [-0.05, 0) is 6.42 Å². The van der Waals surface area contributed by atoms with Crippen LogP contribution in [-0.2, 0) is 19.5 Å². The Balaban J connectivity index is 2.28. The van der Waals surface area contributed by atoms with E-state index in [4.69, 9.17) is 17.3 Å². The van der Waals surface area contributed by atoms with Crippen LogP contribution >= 0.6 is 11.6 Å². The maximum Gasteiger partial charge on any atom is 0.164 e. The molecule has 0 aliphatic carbocycles. The molecule has 0 spiro atoms. The molecule has 1 aromatic heterocycles. The maximum absolute atomic E-state index is 5.98. The fraction of sp³-hybridized carbons (Fsp3) is 0.714. The van der Waals surface area contributed by atoms with Gasteiger partial charge < -0.3 is 5.73 Å². The molecule has 2 N–H and O–H groups in total. The third-order valence-electron chi connectivity index (χ3n) is 2.03. The van der Waals surface area contributed by atoms with Gasteiger partial charge in [0.2, 0.25) is 0 Å². The fourth-order valence-corrected chi connectivity index (χ4v) is 1.65. The molecule has 1 aliphatic rings. The van der Waals surface area contributed by atoms with E-state index in [-0.39, 0.29) is 5.38 Å². The van der Waals surface area contributed by atoms with Crippen molar-refractivity contribution >= 4 is 11.6 Å². The molecule has 1 unspecified atom stereocenters. The highest BCUT2D eigenvalue weighted by atomic mass is 35.5. The van der Waals surface area contributed by atoms with Gasteiger partial charge in [0, 0.05) is 6.42 Å². The summed E-state index contributed by atoms with van der Waals surface area (Å²) in [6.45, 7) is 1.18. The fourth-order valence-electron chi connectivity index (χ4n) is 1.41. The largest absolute Gasteiger partial charge is 0.324 e. The van der Waals surface area contributed by atoms with Gasteiger partial charge in [0.1, 0.15) is 5.82 Å². The van der Waals surface area contributed by atoms with Crippen molar-refractivity contribution in [1.82, 2.24) is 14.8 Å². The number of alkyl halides is 1. The number of rotatable bonds is 1. The van der Waals surface area contributed by atoms with Crippen molar-refractivity contribution in [2.75, 3.05) is 0 Å². The van der Waals surface area contributed by atoms with Crippen LogP contribution in [0.3, 0.4) is 0 Å². The zero-order valence-electron chi connectivity index (χ0n) is 6.70. The summed E-state index contributed by atoms with van der Waals surface area (Å²) in [4.78, 5) is 4.27. The molecule has 4 nitrogen and oxygen atoms in total.